The molecular formula is C13H16BrNO3. The van der Waals surface area contributed by atoms with E-state index in [4.69, 9.17) is 9.84 Å². The van der Waals surface area contributed by atoms with Crippen molar-refractivity contribution in [1.29, 1.82) is 0 Å². The van der Waals surface area contributed by atoms with Crippen molar-refractivity contribution in [2.24, 2.45) is 0 Å². The fourth-order valence-corrected chi connectivity index (χ4v) is 2.66. The van der Waals surface area contributed by atoms with E-state index in [2.05, 4.69) is 27.8 Å². The molecule has 5 heteroatoms. The van der Waals surface area contributed by atoms with Crippen molar-refractivity contribution in [1.82, 2.24) is 0 Å². The highest BCUT2D eigenvalue weighted by atomic mass is 79.9. The maximum absolute atomic E-state index is 11.0. The highest BCUT2D eigenvalue weighted by Crippen LogP contribution is 2.27. The summed E-state index contributed by atoms with van der Waals surface area (Å²) in [5, 5.41) is 9.00. The number of carbonyl (C=O) groups is 1. The van der Waals surface area contributed by atoms with Gasteiger partial charge in [0.2, 0.25) is 0 Å². The standard InChI is InChI=1S/C13H16BrNO3/c1-8-7-18-9(2)6-15(8)10-3-4-11(13(16)17)12(14)5-10/h3-5,8-9H,6-7H2,1-2H3,(H,16,17). The van der Waals surface area contributed by atoms with Gasteiger partial charge in [-0.3, -0.25) is 0 Å². The van der Waals surface area contributed by atoms with Crippen molar-refractivity contribution in [3.8, 4) is 0 Å². The summed E-state index contributed by atoms with van der Waals surface area (Å²) in [5.41, 5.74) is 1.31. The van der Waals surface area contributed by atoms with Crippen LogP contribution in [-0.4, -0.2) is 36.4 Å². The normalized spacial score (nSPS) is 24.1. The van der Waals surface area contributed by atoms with Crippen molar-refractivity contribution in [3.05, 3.63) is 28.2 Å². The number of hydrogen-bond donors (Lipinski definition) is 1. The third-order valence-electron chi connectivity index (χ3n) is 3.12. The summed E-state index contributed by atoms with van der Waals surface area (Å²) in [6.07, 6.45) is 0.194. The Bertz CT molecular complexity index is 464. The SMILES string of the molecule is CC1CN(c2ccc(C(=O)O)c(Br)c2)C(C)CO1. The number of nitrogens with zero attached hydrogens (tertiary/aromatic N) is 1. The summed E-state index contributed by atoms with van der Waals surface area (Å²) in [5.74, 6) is -0.920. The maximum atomic E-state index is 11.0. The lowest BCUT2D eigenvalue weighted by Crippen LogP contribution is -2.47. The second-order valence-electron chi connectivity index (χ2n) is 4.61. The number of rotatable bonds is 2. The molecule has 1 aromatic carbocycles. The second-order valence-corrected chi connectivity index (χ2v) is 5.47. The van der Waals surface area contributed by atoms with Crippen LogP contribution < -0.4 is 4.90 Å². The number of hydrogen-bond acceptors (Lipinski definition) is 3. The van der Waals surface area contributed by atoms with Gasteiger partial charge in [0.05, 0.1) is 18.3 Å². The molecule has 0 aliphatic carbocycles. The van der Waals surface area contributed by atoms with Gasteiger partial charge >= 0.3 is 5.97 Å². The summed E-state index contributed by atoms with van der Waals surface area (Å²) >= 11 is 3.31. The summed E-state index contributed by atoms with van der Waals surface area (Å²) in [4.78, 5) is 13.2. The molecule has 0 spiro atoms. The molecule has 18 heavy (non-hydrogen) atoms. The minimum absolute atomic E-state index is 0.194. The molecule has 2 rings (SSSR count). The highest BCUT2D eigenvalue weighted by molar-refractivity contribution is 9.10. The van der Waals surface area contributed by atoms with E-state index in [9.17, 15) is 4.79 Å². The van der Waals surface area contributed by atoms with E-state index < -0.39 is 5.97 Å². The Morgan fingerprint density at radius 2 is 2.22 bits per heavy atom. The first-order valence-electron chi connectivity index (χ1n) is 5.90. The Kier molecular flexibility index (Phi) is 3.92. The van der Waals surface area contributed by atoms with E-state index in [0.717, 1.165) is 12.2 Å². The van der Waals surface area contributed by atoms with Crippen LogP contribution in [0.3, 0.4) is 0 Å². The third kappa shape index (κ3) is 2.67. The van der Waals surface area contributed by atoms with Crippen LogP contribution in [-0.2, 0) is 4.74 Å². The van der Waals surface area contributed by atoms with Gasteiger partial charge in [-0.05, 0) is 48.0 Å². The predicted molar refractivity (Wildman–Crippen MR) is 73.3 cm³/mol. The Morgan fingerprint density at radius 1 is 1.50 bits per heavy atom. The first-order valence-corrected chi connectivity index (χ1v) is 6.69. The van der Waals surface area contributed by atoms with Crippen molar-refractivity contribution in [2.75, 3.05) is 18.1 Å². The number of carboxylic acids is 1. The first kappa shape index (κ1) is 13.4. The van der Waals surface area contributed by atoms with E-state index in [-0.39, 0.29) is 11.7 Å². The smallest absolute Gasteiger partial charge is 0.336 e. The molecule has 0 saturated carbocycles. The molecule has 1 heterocycles. The van der Waals surface area contributed by atoms with Gasteiger partial charge in [0.25, 0.3) is 0 Å². The second kappa shape index (κ2) is 5.28. The summed E-state index contributed by atoms with van der Waals surface area (Å²) in [6, 6.07) is 5.64. The van der Waals surface area contributed by atoms with Gasteiger partial charge in [0, 0.05) is 22.7 Å². The number of anilines is 1. The number of carboxylic acid groups (broad SMARTS) is 1. The fraction of sp³-hybridized carbons (Fsp3) is 0.462. The fourth-order valence-electron chi connectivity index (χ4n) is 2.12. The molecule has 2 unspecified atom stereocenters. The summed E-state index contributed by atoms with van der Waals surface area (Å²) in [7, 11) is 0. The van der Waals surface area contributed by atoms with Crippen LogP contribution in [0.1, 0.15) is 24.2 Å². The topological polar surface area (TPSA) is 49.8 Å². The van der Waals surface area contributed by atoms with Crippen LogP contribution in [0.2, 0.25) is 0 Å². The molecule has 1 fully saturated rings. The molecule has 4 nitrogen and oxygen atoms in total. The number of aromatic carboxylic acids is 1. The van der Waals surface area contributed by atoms with Crippen molar-refractivity contribution in [2.45, 2.75) is 26.0 Å². The minimum Gasteiger partial charge on any atom is -0.478 e. The lowest BCUT2D eigenvalue weighted by molar-refractivity contribution is 0.0343. The van der Waals surface area contributed by atoms with E-state index in [1.807, 2.05) is 19.1 Å². The van der Waals surface area contributed by atoms with Crippen LogP contribution >= 0.6 is 15.9 Å². The Balaban J connectivity index is 2.28. The number of ether oxygens (including phenoxy) is 1. The third-order valence-corrected chi connectivity index (χ3v) is 3.78. The number of morpholine rings is 1. The molecule has 1 aromatic rings. The molecule has 2 atom stereocenters. The van der Waals surface area contributed by atoms with Crippen molar-refractivity contribution >= 4 is 27.6 Å². The van der Waals surface area contributed by atoms with E-state index in [1.54, 1.807) is 6.07 Å². The van der Waals surface area contributed by atoms with Crippen LogP contribution in [0, 0.1) is 0 Å². The summed E-state index contributed by atoms with van der Waals surface area (Å²) < 4.78 is 6.20. The van der Waals surface area contributed by atoms with Gasteiger partial charge in [-0.2, -0.15) is 0 Å². The zero-order valence-corrected chi connectivity index (χ0v) is 12.0. The zero-order chi connectivity index (χ0) is 13.3. The Hall–Kier alpha value is -1.07. The number of benzene rings is 1. The molecule has 1 N–H and O–H groups in total. The quantitative estimate of drug-likeness (QED) is 0.912. The Morgan fingerprint density at radius 3 is 2.83 bits per heavy atom. The first-order chi connectivity index (χ1) is 8.49. The van der Waals surface area contributed by atoms with E-state index in [1.165, 1.54) is 0 Å². The molecule has 98 valence electrons. The predicted octanol–water partition coefficient (Wildman–Crippen LogP) is 2.76. The van der Waals surface area contributed by atoms with Gasteiger partial charge in [-0.25, -0.2) is 4.79 Å². The monoisotopic (exact) mass is 313 g/mol. The van der Waals surface area contributed by atoms with E-state index >= 15 is 0 Å². The molecule has 1 aliphatic heterocycles. The van der Waals surface area contributed by atoms with Gasteiger partial charge in [0.15, 0.2) is 0 Å². The minimum atomic E-state index is -0.920. The molecule has 0 radical (unpaired) electrons. The zero-order valence-electron chi connectivity index (χ0n) is 10.4. The molecule has 1 saturated heterocycles. The van der Waals surface area contributed by atoms with Crippen LogP contribution in [0.4, 0.5) is 5.69 Å². The molecular weight excluding hydrogens is 298 g/mol. The van der Waals surface area contributed by atoms with E-state index in [0.29, 0.717) is 17.1 Å². The maximum Gasteiger partial charge on any atom is 0.336 e. The highest BCUT2D eigenvalue weighted by Gasteiger charge is 2.24. The lowest BCUT2D eigenvalue weighted by Gasteiger charge is -2.38. The van der Waals surface area contributed by atoms with Crippen LogP contribution in [0.5, 0.6) is 0 Å². The average Bonchev–Trinajstić information content (AvgIpc) is 2.31. The van der Waals surface area contributed by atoms with Gasteiger partial charge in [-0.1, -0.05) is 0 Å². The number of halogens is 1. The average molecular weight is 314 g/mol. The molecule has 1 aliphatic rings. The molecule has 0 bridgehead atoms. The van der Waals surface area contributed by atoms with Crippen molar-refractivity contribution < 1.29 is 14.6 Å². The Labute approximate surface area is 115 Å². The summed E-state index contributed by atoms with van der Waals surface area (Å²) in [6.45, 7) is 5.66. The molecule has 0 aromatic heterocycles. The van der Waals surface area contributed by atoms with Gasteiger partial charge in [0.1, 0.15) is 0 Å². The van der Waals surface area contributed by atoms with Crippen LogP contribution in [0.15, 0.2) is 22.7 Å². The van der Waals surface area contributed by atoms with Crippen molar-refractivity contribution in [3.63, 3.8) is 0 Å². The largest absolute Gasteiger partial charge is 0.478 e. The van der Waals surface area contributed by atoms with Crippen LogP contribution in [0.25, 0.3) is 0 Å². The lowest BCUT2D eigenvalue weighted by atomic mass is 10.1. The van der Waals surface area contributed by atoms with Gasteiger partial charge in [-0.15, -0.1) is 0 Å². The van der Waals surface area contributed by atoms with Gasteiger partial charge < -0.3 is 14.7 Å². The molecule has 0 amide bonds.